The third-order valence-electron chi connectivity index (χ3n) is 3.85. The summed E-state index contributed by atoms with van der Waals surface area (Å²) in [5.74, 6) is 0. The van der Waals surface area contributed by atoms with Gasteiger partial charge in [-0.1, -0.05) is 19.4 Å². The minimum Gasteiger partial charge on any atom is -0.394 e. The van der Waals surface area contributed by atoms with Crippen LogP contribution in [0.2, 0.25) is 0 Å². The molecule has 0 heterocycles. The van der Waals surface area contributed by atoms with Crippen molar-refractivity contribution in [3.8, 4) is 0 Å². The molecule has 1 unspecified atom stereocenters. The van der Waals surface area contributed by atoms with Crippen molar-refractivity contribution >= 4 is 17.4 Å². The van der Waals surface area contributed by atoms with Gasteiger partial charge < -0.3 is 20.6 Å². The Bertz CT molecular complexity index is 491. The molecule has 3 N–H and O–H groups in total. The third-order valence-corrected chi connectivity index (χ3v) is 3.85. The Morgan fingerprint density at radius 1 is 1.41 bits per heavy atom. The molecule has 0 saturated carbocycles. The molecule has 1 aromatic rings. The first kappa shape index (κ1) is 18.3. The molecule has 5 nitrogen and oxygen atoms in total. The van der Waals surface area contributed by atoms with Gasteiger partial charge >= 0.3 is 6.03 Å². The second-order valence-electron chi connectivity index (χ2n) is 6.30. The minimum absolute atomic E-state index is 0.0790. The molecular formula is C17H29N3O2. The fraction of sp³-hybridized carbons (Fsp3) is 0.588. The molecule has 0 aliphatic carbocycles. The lowest BCUT2D eigenvalue weighted by Crippen LogP contribution is -2.50. The fourth-order valence-corrected chi connectivity index (χ4v) is 2.27. The molecule has 0 spiro atoms. The topological polar surface area (TPSA) is 64.6 Å². The van der Waals surface area contributed by atoms with Gasteiger partial charge in [0.05, 0.1) is 12.1 Å². The molecular weight excluding hydrogens is 278 g/mol. The van der Waals surface area contributed by atoms with Crippen LogP contribution < -0.4 is 15.5 Å². The predicted molar refractivity (Wildman–Crippen MR) is 92.5 cm³/mol. The second-order valence-corrected chi connectivity index (χ2v) is 6.30. The average Bonchev–Trinajstić information content (AvgIpc) is 2.46. The molecule has 5 heteroatoms. The first-order valence-electron chi connectivity index (χ1n) is 7.84. The zero-order chi connectivity index (χ0) is 16.8. The Hall–Kier alpha value is -1.75. The maximum atomic E-state index is 12.1. The number of carbonyl (C=O) groups is 1. The Morgan fingerprint density at radius 3 is 2.64 bits per heavy atom. The molecule has 22 heavy (non-hydrogen) atoms. The SMILES string of the molecule is CCCC(C)(CO)NC(=O)Nc1cccc(N(C)C(C)C)c1. The summed E-state index contributed by atoms with van der Waals surface area (Å²) in [7, 11) is 2.02. The number of amides is 2. The molecule has 0 aliphatic heterocycles. The predicted octanol–water partition coefficient (Wildman–Crippen LogP) is 3.20. The number of hydrogen-bond acceptors (Lipinski definition) is 3. The third kappa shape index (κ3) is 5.22. The molecule has 0 fully saturated rings. The van der Waals surface area contributed by atoms with Crippen LogP contribution in [0.4, 0.5) is 16.2 Å². The molecule has 124 valence electrons. The van der Waals surface area contributed by atoms with E-state index in [1.54, 1.807) is 0 Å². The number of aliphatic hydroxyl groups is 1. The van der Waals surface area contributed by atoms with Crippen LogP contribution in [0.5, 0.6) is 0 Å². The number of rotatable bonds is 7. The van der Waals surface area contributed by atoms with Crippen molar-refractivity contribution in [1.82, 2.24) is 5.32 Å². The van der Waals surface area contributed by atoms with Crippen LogP contribution in [0.1, 0.15) is 40.5 Å². The van der Waals surface area contributed by atoms with Crippen LogP contribution >= 0.6 is 0 Å². The van der Waals surface area contributed by atoms with E-state index < -0.39 is 5.54 Å². The van der Waals surface area contributed by atoms with E-state index in [9.17, 15) is 9.90 Å². The summed E-state index contributed by atoms with van der Waals surface area (Å²) in [5.41, 5.74) is 1.19. The first-order valence-corrected chi connectivity index (χ1v) is 7.84. The van der Waals surface area contributed by atoms with Crippen molar-refractivity contribution < 1.29 is 9.90 Å². The number of hydrogen-bond donors (Lipinski definition) is 3. The summed E-state index contributed by atoms with van der Waals surface area (Å²) in [4.78, 5) is 14.3. The molecule has 0 saturated heterocycles. The van der Waals surface area contributed by atoms with Crippen molar-refractivity contribution in [2.24, 2.45) is 0 Å². The van der Waals surface area contributed by atoms with Gasteiger partial charge in [0.15, 0.2) is 0 Å². The normalized spacial score (nSPS) is 13.6. The van der Waals surface area contributed by atoms with E-state index in [1.165, 1.54) is 0 Å². The van der Waals surface area contributed by atoms with Crippen molar-refractivity contribution in [1.29, 1.82) is 0 Å². The molecule has 1 rings (SSSR count). The zero-order valence-electron chi connectivity index (χ0n) is 14.3. The lowest BCUT2D eigenvalue weighted by atomic mass is 9.98. The monoisotopic (exact) mass is 307 g/mol. The van der Waals surface area contributed by atoms with Crippen LogP contribution in [0.25, 0.3) is 0 Å². The van der Waals surface area contributed by atoms with E-state index in [-0.39, 0.29) is 12.6 Å². The summed E-state index contributed by atoms with van der Waals surface area (Å²) in [6.07, 6.45) is 1.62. The van der Waals surface area contributed by atoms with Gasteiger partial charge in [-0.05, 0) is 45.4 Å². The van der Waals surface area contributed by atoms with Gasteiger partial charge in [-0.25, -0.2) is 4.79 Å². The van der Waals surface area contributed by atoms with E-state index in [4.69, 9.17) is 0 Å². The van der Waals surface area contributed by atoms with Crippen molar-refractivity contribution in [2.75, 3.05) is 23.9 Å². The lowest BCUT2D eigenvalue weighted by molar-refractivity contribution is 0.167. The summed E-state index contributed by atoms with van der Waals surface area (Å²) < 4.78 is 0. The Balaban J connectivity index is 2.74. The molecule has 1 aromatic carbocycles. The van der Waals surface area contributed by atoms with Crippen LogP contribution in [0, 0.1) is 0 Å². The Labute approximate surface area is 133 Å². The van der Waals surface area contributed by atoms with Gasteiger partial charge in [0.1, 0.15) is 0 Å². The largest absolute Gasteiger partial charge is 0.394 e. The quantitative estimate of drug-likeness (QED) is 0.725. The van der Waals surface area contributed by atoms with Gasteiger partial charge in [0.25, 0.3) is 0 Å². The Morgan fingerprint density at radius 2 is 2.09 bits per heavy atom. The van der Waals surface area contributed by atoms with E-state index in [1.807, 2.05) is 45.2 Å². The van der Waals surface area contributed by atoms with E-state index >= 15 is 0 Å². The standard InChI is InChI=1S/C17H29N3O2/c1-6-10-17(4,12-21)19-16(22)18-14-8-7-9-15(11-14)20(5)13(2)3/h7-9,11,13,21H,6,10,12H2,1-5H3,(H2,18,19,22). The highest BCUT2D eigenvalue weighted by molar-refractivity contribution is 5.90. The number of benzene rings is 1. The van der Waals surface area contributed by atoms with E-state index in [0.717, 1.165) is 24.2 Å². The number of anilines is 2. The van der Waals surface area contributed by atoms with Gasteiger partial charge in [0.2, 0.25) is 0 Å². The minimum atomic E-state index is -0.592. The van der Waals surface area contributed by atoms with Crippen molar-refractivity contribution in [3.63, 3.8) is 0 Å². The number of nitrogens with one attached hydrogen (secondary N) is 2. The first-order chi connectivity index (χ1) is 10.3. The van der Waals surface area contributed by atoms with Gasteiger partial charge in [0, 0.05) is 24.5 Å². The van der Waals surface area contributed by atoms with Crippen molar-refractivity contribution in [2.45, 2.75) is 52.1 Å². The summed E-state index contributed by atoms with van der Waals surface area (Å²) in [6, 6.07) is 7.81. The van der Waals surface area contributed by atoms with Crippen LogP contribution in [-0.2, 0) is 0 Å². The Kier molecular flexibility index (Phi) is 6.68. The highest BCUT2D eigenvalue weighted by Crippen LogP contribution is 2.20. The van der Waals surface area contributed by atoms with Gasteiger partial charge in [-0.3, -0.25) is 0 Å². The number of urea groups is 1. The van der Waals surface area contributed by atoms with Crippen LogP contribution in [0.3, 0.4) is 0 Å². The van der Waals surface area contributed by atoms with Crippen LogP contribution in [0.15, 0.2) is 24.3 Å². The van der Waals surface area contributed by atoms with Gasteiger partial charge in [-0.2, -0.15) is 0 Å². The number of aliphatic hydroxyl groups excluding tert-OH is 1. The van der Waals surface area contributed by atoms with Crippen molar-refractivity contribution in [3.05, 3.63) is 24.3 Å². The molecule has 2 amide bonds. The highest BCUT2D eigenvalue weighted by atomic mass is 16.3. The molecule has 1 atom stereocenters. The molecule has 0 aromatic heterocycles. The second kappa shape index (κ2) is 8.03. The number of carbonyl (C=O) groups excluding carboxylic acids is 1. The maximum Gasteiger partial charge on any atom is 0.319 e. The average molecular weight is 307 g/mol. The van der Waals surface area contributed by atoms with Gasteiger partial charge in [-0.15, -0.1) is 0 Å². The highest BCUT2D eigenvalue weighted by Gasteiger charge is 2.24. The zero-order valence-corrected chi connectivity index (χ0v) is 14.3. The smallest absolute Gasteiger partial charge is 0.319 e. The summed E-state index contributed by atoms with van der Waals surface area (Å²) in [6.45, 7) is 8.02. The molecule has 0 radical (unpaired) electrons. The summed E-state index contributed by atoms with van der Waals surface area (Å²) >= 11 is 0. The summed E-state index contributed by atoms with van der Waals surface area (Å²) in [5, 5.41) is 15.1. The fourth-order valence-electron chi connectivity index (χ4n) is 2.27. The lowest BCUT2D eigenvalue weighted by Gasteiger charge is -2.28. The molecule has 0 aliphatic rings. The molecule has 0 bridgehead atoms. The van der Waals surface area contributed by atoms with Crippen LogP contribution in [-0.4, -0.2) is 36.4 Å². The van der Waals surface area contributed by atoms with E-state index in [0.29, 0.717) is 6.04 Å². The maximum absolute atomic E-state index is 12.1. The van der Waals surface area contributed by atoms with E-state index in [2.05, 4.69) is 29.4 Å². The number of nitrogens with zero attached hydrogens (tertiary/aromatic N) is 1.